The Morgan fingerprint density at radius 2 is 1.74 bits per heavy atom. The Morgan fingerprint density at radius 3 is 2.45 bits per heavy atom. The molecule has 1 aromatic carbocycles. The van der Waals surface area contributed by atoms with Gasteiger partial charge in [-0.1, -0.05) is 19.1 Å². The molecule has 3 aliphatic carbocycles. The molecule has 7 atom stereocenters. The van der Waals surface area contributed by atoms with Gasteiger partial charge in [0.25, 0.3) is 0 Å². The van der Waals surface area contributed by atoms with E-state index in [9.17, 15) is 9.59 Å². The first-order valence-electron chi connectivity index (χ1n) is 14.7. The summed E-state index contributed by atoms with van der Waals surface area (Å²) in [7, 11) is 0. The van der Waals surface area contributed by atoms with E-state index in [0.29, 0.717) is 47.8 Å². The number of alkyl halides is 2. The summed E-state index contributed by atoms with van der Waals surface area (Å²) in [5.74, 6) is 3.87. The molecule has 0 bridgehead atoms. The molecule has 1 heterocycles. The highest BCUT2D eigenvalue weighted by atomic mass is 35.5. The van der Waals surface area contributed by atoms with Gasteiger partial charge in [-0.15, -0.1) is 23.2 Å². The number of hydrogen-bond acceptors (Lipinski definition) is 4. The predicted molar refractivity (Wildman–Crippen MR) is 154 cm³/mol. The molecule has 1 N–H and O–H groups in total. The van der Waals surface area contributed by atoms with Gasteiger partial charge in [-0.05, 0) is 105 Å². The average Bonchev–Trinajstić information content (AvgIpc) is 2.88. The highest BCUT2D eigenvalue weighted by Gasteiger charge is 2.58. The lowest BCUT2D eigenvalue weighted by molar-refractivity contribution is -0.162. The zero-order valence-corrected chi connectivity index (χ0v) is 24.5. The first-order chi connectivity index (χ1) is 18.3. The van der Waals surface area contributed by atoms with Crippen LogP contribution in [0.25, 0.3) is 0 Å². The van der Waals surface area contributed by atoms with Crippen molar-refractivity contribution in [2.75, 3.05) is 29.7 Å². The van der Waals surface area contributed by atoms with E-state index >= 15 is 0 Å². The van der Waals surface area contributed by atoms with E-state index in [1.807, 2.05) is 24.3 Å². The summed E-state index contributed by atoms with van der Waals surface area (Å²) < 4.78 is 6.06. The number of fused-ring (bicyclic) bond motifs is 5. The molecule has 1 aliphatic heterocycles. The largest absolute Gasteiger partial charge is 0.462 e. The van der Waals surface area contributed by atoms with Crippen LogP contribution in [-0.4, -0.2) is 48.4 Å². The SMILES string of the molecule is C[C@]12CC[C@@H](OC(=O)Cc3ccc(N(CCCl)CCCl)cc3)C[C@@H]1CC[C@@H]1[C@@H]2CC[C@]2(C)NC(=O)CC[C@@H]12. The van der Waals surface area contributed by atoms with Gasteiger partial charge in [0.15, 0.2) is 0 Å². The second-order valence-electron chi connectivity index (χ2n) is 12.8. The van der Waals surface area contributed by atoms with Crippen LogP contribution in [0, 0.1) is 29.1 Å². The Morgan fingerprint density at radius 1 is 1.00 bits per heavy atom. The van der Waals surface area contributed by atoms with E-state index in [2.05, 4.69) is 24.1 Å². The number of esters is 1. The highest BCUT2D eigenvalue weighted by molar-refractivity contribution is 6.18. The number of halogens is 2. The fraction of sp³-hybridized carbons (Fsp3) is 0.742. The quantitative estimate of drug-likeness (QED) is 0.297. The molecule has 210 valence electrons. The number of nitrogens with zero attached hydrogens (tertiary/aromatic N) is 1. The number of piperidine rings is 1. The normalized spacial score (nSPS) is 36.3. The molecule has 0 radical (unpaired) electrons. The van der Waals surface area contributed by atoms with Crippen LogP contribution in [-0.2, 0) is 20.7 Å². The van der Waals surface area contributed by atoms with Crippen molar-refractivity contribution in [1.29, 1.82) is 0 Å². The Bertz CT molecular complexity index is 997. The van der Waals surface area contributed by atoms with Crippen molar-refractivity contribution in [3.8, 4) is 0 Å². The number of anilines is 1. The van der Waals surface area contributed by atoms with Gasteiger partial charge in [-0.25, -0.2) is 0 Å². The van der Waals surface area contributed by atoms with Crippen molar-refractivity contribution in [3.05, 3.63) is 29.8 Å². The van der Waals surface area contributed by atoms with Gasteiger partial charge < -0.3 is 15.0 Å². The second-order valence-corrected chi connectivity index (χ2v) is 13.6. The third kappa shape index (κ3) is 5.57. The molecule has 0 unspecified atom stereocenters. The lowest BCUT2D eigenvalue weighted by Gasteiger charge is -2.62. The minimum Gasteiger partial charge on any atom is -0.462 e. The van der Waals surface area contributed by atoms with E-state index in [1.54, 1.807) is 0 Å². The maximum absolute atomic E-state index is 12.9. The van der Waals surface area contributed by atoms with Gasteiger partial charge in [0.1, 0.15) is 6.10 Å². The Kier molecular flexibility index (Phi) is 8.55. The number of rotatable bonds is 8. The van der Waals surface area contributed by atoms with Crippen molar-refractivity contribution in [2.45, 2.75) is 89.7 Å². The molecule has 4 fully saturated rings. The molecule has 0 spiro atoms. The van der Waals surface area contributed by atoms with Crippen LogP contribution in [0.1, 0.15) is 77.2 Å². The summed E-state index contributed by atoms with van der Waals surface area (Å²) in [5, 5.41) is 3.37. The number of hydrogen-bond donors (Lipinski definition) is 1. The van der Waals surface area contributed by atoms with Crippen LogP contribution in [0.15, 0.2) is 24.3 Å². The maximum Gasteiger partial charge on any atom is 0.310 e. The minimum absolute atomic E-state index is 0.0167. The number of ether oxygens (including phenoxy) is 1. The van der Waals surface area contributed by atoms with Crippen molar-refractivity contribution >= 4 is 40.8 Å². The minimum atomic E-state index is -0.121. The van der Waals surface area contributed by atoms with Crippen molar-refractivity contribution < 1.29 is 14.3 Å². The van der Waals surface area contributed by atoms with E-state index in [4.69, 9.17) is 27.9 Å². The zero-order valence-electron chi connectivity index (χ0n) is 23.0. The first-order valence-corrected chi connectivity index (χ1v) is 15.8. The van der Waals surface area contributed by atoms with Crippen LogP contribution in [0.4, 0.5) is 5.69 Å². The number of amides is 1. The molecule has 7 heteroatoms. The first kappa shape index (κ1) is 28.1. The lowest BCUT2D eigenvalue weighted by atomic mass is 9.45. The van der Waals surface area contributed by atoms with E-state index in [0.717, 1.165) is 62.4 Å². The number of carbonyl (C=O) groups is 2. The smallest absolute Gasteiger partial charge is 0.310 e. The van der Waals surface area contributed by atoms with Crippen LogP contribution in [0.2, 0.25) is 0 Å². The molecule has 5 nitrogen and oxygen atoms in total. The van der Waals surface area contributed by atoms with E-state index in [-0.39, 0.29) is 23.5 Å². The fourth-order valence-electron chi connectivity index (χ4n) is 8.79. The third-order valence-corrected chi connectivity index (χ3v) is 11.1. The Hall–Kier alpha value is -1.46. The Balaban J connectivity index is 1.16. The predicted octanol–water partition coefficient (Wildman–Crippen LogP) is 6.34. The highest BCUT2D eigenvalue weighted by Crippen LogP contribution is 2.62. The molecular formula is C31H44Cl2N2O3. The number of benzene rings is 1. The van der Waals surface area contributed by atoms with Gasteiger partial charge in [0, 0.05) is 42.5 Å². The summed E-state index contributed by atoms with van der Waals surface area (Å²) in [6.45, 7) is 6.31. The number of nitrogens with one attached hydrogen (secondary N) is 1. The molecule has 5 rings (SSSR count). The van der Waals surface area contributed by atoms with Gasteiger partial charge in [-0.3, -0.25) is 9.59 Å². The summed E-state index contributed by atoms with van der Waals surface area (Å²) in [5.41, 5.74) is 2.35. The average molecular weight is 564 g/mol. The van der Waals surface area contributed by atoms with Crippen LogP contribution in [0.5, 0.6) is 0 Å². The van der Waals surface area contributed by atoms with Crippen LogP contribution < -0.4 is 10.2 Å². The van der Waals surface area contributed by atoms with Crippen molar-refractivity contribution in [1.82, 2.24) is 5.32 Å². The Labute approximate surface area is 238 Å². The monoisotopic (exact) mass is 562 g/mol. The topological polar surface area (TPSA) is 58.6 Å². The van der Waals surface area contributed by atoms with Gasteiger partial charge in [-0.2, -0.15) is 0 Å². The van der Waals surface area contributed by atoms with Crippen LogP contribution >= 0.6 is 23.2 Å². The standard InChI is InChI=1S/C31H44Cl2N2O3/c1-30-13-11-24(38-29(37)19-21-3-6-23(7-4-21)35(17-15-32)18-16-33)20-22(30)5-8-25-26(30)12-14-31(2)27(25)9-10-28(36)34-31/h3-4,6-7,22,24-27H,5,8-20H2,1-2H3,(H,34,36)/t22-,24+,25+,26-,27-,30-,31-/m0/s1. The second kappa shape index (κ2) is 11.6. The molecule has 1 aromatic rings. The lowest BCUT2D eigenvalue weighted by Crippen LogP contribution is -2.63. The van der Waals surface area contributed by atoms with E-state index < -0.39 is 0 Å². The maximum atomic E-state index is 12.9. The van der Waals surface area contributed by atoms with Gasteiger partial charge in [0.05, 0.1) is 6.42 Å². The summed E-state index contributed by atoms with van der Waals surface area (Å²) in [6.07, 6.45) is 9.93. The molecule has 4 aliphatic rings. The van der Waals surface area contributed by atoms with Crippen molar-refractivity contribution in [2.24, 2.45) is 29.1 Å². The molecule has 38 heavy (non-hydrogen) atoms. The summed E-state index contributed by atoms with van der Waals surface area (Å²) in [6, 6.07) is 8.10. The fourth-order valence-corrected chi connectivity index (χ4v) is 9.20. The van der Waals surface area contributed by atoms with Crippen molar-refractivity contribution in [3.63, 3.8) is 0 Å². The summed E-state index contributed by atoms with van der Waals surface area (Å²) in [4.78, 5) is 27.2. The molecule has 0 aromatic heterocycles. The molecular weight excluding hydrogens is 519 g/mol. The number of carbonyl (C=O) groups excluding carboxylic acids is 2. The van der Waals surface area contributed by atoms with Gasteiger partial charge >= 0.3 is 5.97 Å². The molecule has 1 amide bonds. The third-order valence-electron chi connectivity index (χ3n) is 10.8. The molecule has 3 saturated carbocycles. The zero-order chi connectivity index (χ0) is 26.9. The summed E-state index contributed by atoms with van der Waals surface area (Å²) >= 11 is 11.9. The van der Waals surface area contributed by atoms with Gasteiger partial charge in [0.2, 0.25) is 5.91 Å². The van der Waals surface area contributed by atoms with Crippen LogP contribution in [0.3, 0.4) is 0 Å². The molecule has 1 saturated heterocycles. The van der Waals surface area contributed by atoms with E-state index in [1.165, 1.54) is 19.3 Å².